The first-order valence-electron chi connectivity index (χ1n) is 8.18. The van der Waals surface area contributed by atoms with E-state index in [1.807, 2.05) is 57.2 Å². The van der Waals surface area contributed by atoms with E-state index in [0.717, 1.165) is 16.7 Å². The molecule has 1 amide bonds. The number of carbonyl (C=O) groups excluding carboxylic acids is 2. The Morgan fingerprint density at radius 2 is 1.64 bits per heavy atom. The molecule has 0 aliphatic carbocycles. The number of rotatable bonds is 5. The molecule has 0 saturated carbocycles. The van der Waals surface area contributed by atoms with Crippen LogP contribution in [0, 0.1) is 12.8 Å². The summed E-state index contributed by atoms with van der Waals surface area (Å²) in [5.41, 5.74) is 9.82. The van der Waals surface area contributed by atoms with Crippen molar-refractivity contribution in [1.82, 2.24) is 5.32 Å². The molecule has 0 aliphatic heterocycles. The van der Waals surface area contributed by atoms with Crippen LogP contribution >= 0.6 is 0 Å². The summed E-state index contributed by atoms with van der Waals surface area (Å²) in [6, 6.07) is 12.5. The van der Waals surface area contributed by atoms with E-state index in [-0.39, 0.29) is 11.8 Å². The van der Waals surface area contributed by atoms with Gasteiger partial charge in [0.2, 0.25) is 0 Å². The summed E-state index contributed by atoms with van der Waals surface area (Å²) in [4.78, 5) is 24.4. The Kier molecular flexibility index (Phi) is 5.80. The first kappa shape index (κ1) is 18.5. The maximum Gasteiger partial charge on any atom is 0.328 e. The van der Waals surface area contributed by atoms with Gasteiger partial charge in [0, 0.05) is 11.3 Å². The van der Waals surface area contributed by atoms with Crippen molar-refractivity contribution in [3.8, 4) is 11.1 Å². The largest absolute Gasteiger partial charge is 0.467 e. The molecule has 132 valence electrons. The van der Waals surface area contributed by atoms with Crippen LogP contribution in [0.2, 0.25) is 0 Å². The van der Waals surface area contributed by atoms with Gasteiger partial charge >= 0.3 is 5.97 Å². The van der Waals surface area contributed by atoms with Crippen molar-refractivity contribution < 1.29 is 14.3 Å². The van der Waals surface area contributed by atoms with Gasteiger partial charge in [-0.1, -0.05) is 38.1 Å². The quantitative estimate of drug-likeness (QED) is 0.647. The molecule has 3 N–H and O–H groups in total. The van der Waals surface area contributed by atoms with Crippen molar-refractivity contribution in [2.75, 3.05) is 12.8 Å². The van der Waals surface area contributed by atoms with Crippen molar-refractivity contribution in [3.63, 3.8) is 0 Å². The van der Waals surface area contributed by atoms with Crippen molar-refractivity contribution in [2.45, 2.75) is 26.8 Å². The number of methoxy groups -OCH3 is 1. The number of nitrogens with two attached hydrogens (primary N) is 1. The Balaban J connectivity index is 2.23. The zero-order valence-corrected chi connectivity index (χ0v) is 15.0. The van der Waals surface area contributed by atoms with E-state index in [2.05, 4.69) is 5.32 Å². The standard InChI is InChI=1S/C20H24N2O3/c1-12(2)18(20(24)25-4)22-19(23)17-10-7-15(11-13(17)3)14-5-8-16(21)9-6-14/h5-12,18H,21H2,1-4H3,(H,22,23). The van der Waals surface area contributed by atoms with Gasteiger partial charge in [0.05, 0.1) is 7.11 Å². The minimum absolute atomic E-state index is 0.0641. The molecule has 1 atom stereocenters. The van der Waals surface area contributed by atoms with Crippen molar-refractivity contribution >= 4 is 17.6 Å². The van der Waals surface area contributed by atoms with Crippen LogP contribution in [0.4, 0.5) is 5.69 Å². The molecule has 0 radical (unpaired) electrons. The third-order valence-electron chi connectivity index (χ3n) is 4.12. The minimum Gasteiger partial charge on any atom is -0.467 e. The molecule has 5 heteroatoms. The van der Waals surface area contributed by atoms with Gasteiger partial charge in [-0.05, 0) is 47.7 Å². The summed E-state index contributed by atoms with van der Waals surface area (Å²) in [6.07, 6.45) is 0. The third kappa shape index (κ3) is 4.38. The van der Waals surface area contributed by atoms with E-state index < -0.39 is 12.0 Å². The van der Waals surface area contributed by atoms with Crippen LogP contribution in [0.25, 0.3) is 11.1 Å². The average molecular weight is 340 g/mol. The van der Waals surface area contributed by atoms with Crippen LogP contribution < -0.4 is 11.1 Å². The van der Waals surface area contributed by atoms with Crippen LogP contribution in [0.15, 0.2) is 42.5 Å². The van der Waals surface area contributed by atoms with Gasteiger partial charge in [-0.15, -0.1) is 0 Å². The summed E-state index contributed by atoms with van der Waals surface area (Å²) in [7, 11) is 1.32. The Morgan fingerprint density at radius 3 is 2.16 bits per heavy atom. The molecular formula is C20H24N2O3. The van der Waals surface area contributed by atoms with E-state index in [9.17, 15) is 9.59 Å². The number of ether oxygens (including phenoxy) is 1. The minimum atomic E-state index is -0.673. The van der Waals surface area contributed by atoms with Gasteiger partial charge in [-0.3, -0.25) is 4.79 Å². The molecule has 2 rings (SSSR count). The molecule has 0 aliphatic rings. The highest BCUT2D eigenvalue weighted by molar-refractivity contribution is 5.98. The van der Waals surface area contributed by atoms with Gasteiger partial charge in [-0.25, -0.2) is 4.79 Å². The van der Waals surface area contributed by atoms with Gasteiger partial charge in [0.25, 0.3) is 5.91 Å². The number of nitrogens with one attached hydrogen (secondary N) is 1. The fourth-order valence-electron chi connectivity index (χ4n) is 2.62. The zero-order chi connectivity index (χ0) is 18.6. The lowest BCUT2D eigenvalue weighted by atomic mass is 9.98. The number of nitrogen functional groups attached to an aromatic ring is 1. The van der Waals surface area contributed by atoms with Gasteiger partial charge < -0.3 is 15.8 Å². The molecule has 0 bridgehead atoms. The molecule has 0 saturated heterocycles. The fourth-order valence-corrected chi connectivity index (χ4v) is 2.62. The normalized spacial score (nSPS) is 11.9. The monoisotopic (exact) mass is 340 g/mol. The fraction of sp³-hybridized carbons (Fsp3) is 0.300. The molecule has 25 heavy (non-hydrogen) atoms. The van der Waals surface area contributed by atoms with Crippen LogP contribution in [0.1, 0.15) is 29.8 Å². The SMILES string of the molecule is COC(=O)C(NC(=O)c1ccc(-c2ccc(N)cc2)cc1C)C(C)C. The zero-order valence-electron chi connectivity index (χ0n) is 15.0. The molecule has 1 unspecified atom stereocenters. The summed E-state index contributed by atoms with van der Waals surface area (Å²) < 4.78 is 4.76. The predicted molar refractivity (Wildman–Crippen MR) is 99.1 cm³/mol. The average Bonchev–Trinajstić information content (AvgIpc) is 2.59. The Hall–Kier alpha value is -2.82. The van der Waals surface area contributed by atoms with E-state index in [0.29, 0.717) is 11.3 Å². The molecule has 0 heterocycles. The van der Waals surface area contributed by atoms with E-state index in [4.69, 9.17) is 10.5 Å². The summed E-state index contributed by atoms with van der Waals surface area (Å²) in [5.74, 6) is -0.796. The number of benzene rings is 2. The van der Waals surface area contributed by atoms with Crippen molar-refractivity contribution in [2.24, 2.45) is 5.92 Å². The first-order valence-corrected chi connectivity index (χ1v) is 8.18. The number of hydrogen-bond acceptors (Lipinski definition) is 4. The van der Waals surface area contributed by atoms with E-state index in [1.54, 1.807) is 6.07 Å². The smallest absolute Gasteiger partial charge is 0.328 e. The topological polar surface area (TPSA) is 81.4 Å². The second-order valence-electron chi connectivity index (χ2n) is 6.37. The van der Waals surface area contributed by atoms with Gasteiger partial charge in [-0.2, -0.15) is 0 Å². The van der Waals surface area contributed by atoms with Crippen molar-refractivity contribution in [1.29, 1.82) is 0 Å². The summed E-state index contributed by atoms with van der Waals surface area (Å²) in [6.45, 7) is 5.59. The van der Waals surface area contributed by atoms with Gasteiger partial charge in [0.15, 0.2) is 0 Å². The van der Waals surface area contributed by atoms with Crippen LogP contribution in [-0.2, 0) is 9.53 Å². The number of carbonyl (C=O) groups is 2. The number of anilines is 1. The summed E-state index contributed by atoms with van der Waals surface area (Å²) >= 11 is 0. The maximum absolute atomic E-state index is 12.6. The third-order valence-corrected chi connectivity index (χ3v) is 4.12. The second-order valence-corrected chi connectivity index (χ2v) is 6.37. The Morgan fingerprint density at radius 1 is 1.04 bits per heavy atom. The molecule has 0 spiro atoms. The number of esters is 1. The molecule has 2 aromatic carbocycles. The van der Waals surface area contributed by atoms with E-state index in [1.165, 1.54) is 7.11 Å². The second kappa shape index (κ2) is 7.83. The molecular weight excluding hydrogens is 316 g/mol. The molecule has 0 fully saturated rings. The molecule has 0 aromatic heterocycles. The highest BCUT2D eigenvalue weighted by Gasteiger charge is 2.25. The highest BCUT2D eigenvalue weighted by Crippen LogP contribution is 2.23. The molecule has 5 nitrogen and oxygen atoms in total. The van der Waals surface area contributed by atoms with Crippen LogP contribution in [-0.4, -0.2) is 25.0 Å². The number of amides is 1. The number of aryl methyl sites for hydroxylation is 1. The predicted octanol–water partition coefficient (Wildman–Crippen LogP) is 3.17. The van der Waals surface area contributed by atoms with E-state index >= 15 is 0 Å². The first-order chi connectivity index (χ1) is 11.8. The van der Waals surface area contributed by atoms with Crippen LogP contribution in [0.5, 0.6) is 0 Å². The van der Waals surface area contributed by atoms with Gasteiger partial charge in [0.1, 0.15) is 6.04 Å². The van der Waals surface area contributed by atoms with Crippen molar-refractivity contribution in [3.05, 3.63) is 53.6 Å². The highest BCUT2D eigenvalue weighted by atomic mass is 16.5. The Labute approximate surface area is 148 Å². The lowest BCUT2D eigenvalue weighted by Gasteiger charge is -2.20. The molecule has 2 aromatic rings. The lowest BCUT2D eigenvalue weighted by Crippen LogP contribution is -2.45. The lowest BCUT2D eigenvalue weighted by molar-refractivity contribution is -0.144. The summed E-state index contributed by atoms with van der Waals surface area (Å²) in [5, 5.41) is 2.76. The van der Waals surface area contributed by atoms with Crippen LogP contribution in [0.3, 0.4) is 0 Å². The number of hydrogen-bond donors (Lipinski definition) is 2. The Bertz CT molecular complexity index is 767. The maximum atomic E-state index is 12.6.